The molecule has 0 saturated carbocycles. The van der Waals surface area contributed by atoms with E-state index < -0.39 is 41.0 Å². The number of nitrogens with one attached hydrogen (secondary N) is 1. The Morgan fingerprint density at radius 2 is 1.52 bits per heavy atom. The number of amides is 1. The van der Waals surface area contributed by atoms with Crippen LogP contribution in [-0.2, 0) is 15.7 Å². The monoisotopic (exact) mass is 447 g/mol. The van der Waals surface area contributed by atoms with Crippen LogP contribution in [-0.4, -0.2) is 24.5 Å². The third kappa shape index (κ3) is 10.6. The van der Waals surface area contributed by atoms with E-state index in [1.54, 1.807) is 0 Å². The third-order valence-electron chi connectivity index (χ3n) is 4.98. The first kappa shape index (κ1) is 26.9. The summed E-state index contributed by atoms with van der Waals surface area (Å²) in [5.41, 5.74) is -1.92. The lowest BCUT2D eigenvalue weighted by Crippen LogP contribution is -2.40. The summed E-state index contributed by atoms with van der Waals surface area (Å²) in [5, 5.41) is 2.18. The zero-order chi connectivity index (χ0) is 23.3. The van der Waals surface area contributed by atoms with Gasteiger partial charge in [-0.3, -0.25) is 4.79 Å². The molecule has 4 nitrogen and oxygen atoms in total. The fraction of sp³-hybridized carbons (Fsp3) is 0.652. The van der Waals surface area contributed by atoms with Gasteiger partial charge in [0.25, 0.3) is 5.91 Å². The Labute approximate surface area is 181 Å². The van der Waals surface area contributed by atoms with Crippen molar-refractivity contribution in [3.8, 4) is 0 Å². The van der Waals surface area contributed by atoms with Crippen molar-refractivity contribution in [2.75, 3.05) is 6.61 Å². The number of unbranched alkanes of at least 4 members (excludes halogenated alkanes) is 9. The Morgan fingerprint density at radius 3 is 2.06 bits per heavy atom. The first-order valence-electron chi connectivity index (χ1n) is 11.0. The lowest BCUT2D eigenvalue weighted by molar-refractivity contribution is -0.145. The molecule has 0 spiro atoms. The second-order valence-electron chi connectivity index (χ2n) is 7.74. The molecule has 0 aliphatic rings. The zero-order valence-corrected chi connectivity index (χ0v) is 18.3. The average Bonchev–Trinajstić information content (AvgIpc) is 2.71. The summed E-state index contributed by atoms with van der Waals surface area (Å²) in [5.74, 6) is -2.92. The number of ether oxygens (including phenoxy) is 1. The Morgan fingerprint density at radius 1 is 0.968 bits per heavy atom. The maximum Gasteiger partial charge on any atom is 0.416 e. The van der Waals surface area contributed by atoms with Gasteiger partial charge in [0, 0.05) is 0 Å². The molecule has 0 aromatic heterocycles. The third-order valence-corrected chi connectivity index (χ3v) is 4.98. The van der Waals surface area contributed by atoms with Crippen LogP contribution in [0.1, 0.15) is 94.0 Å². The largest absolute Gasteiger partial charge is 0.464 e. The highest BCUT2D eigenvalue weighted by molar-refractivity contribution is 5.97. The fourth-order valence-corrected chi connectivity index (χ4v) is 3.10. The number of hydrogen-bond donors (Lipinski definition) is 1. The molecule has 0 saturated heterocycles. The zero-order valence-electron chi connectivity index (χ0n) is 18.3. The quantitative estimate of drug-likeness (QED) is 0.203. The number of carbonyl (C=O) groups excluding carboxylic acids is 2. The van der Waals surface area contributed by atoms with Crippen LogP contribution in [0.2, 0.25) is 0 Å². The maximum atomic E-state index is 13.8. The highest BCUT2D eigenvalue weighted by Crippen LogP contribution is 2.30. The number of hydrogen-bond acceptors (Lipinski definition) is 3. The number of benzene rings is 1. The summed E-state index contributed by atoms with van der Waals surface area (Å²) in [6.07, 6.45) is 6.69. The molecule has 176 valence electrons. The van der Waals surface area contributed by atoms with Crippen LogP contribution in [0.5, 0.6) is 0 Å². The van der Waals surface area contributed by atoms with Crippen LogP contribution in [0.25, 0.3) is 0 Å². The standard InChI is InChI=1S/C23H33F4NO3/c1-3-4-5-6-7-8-9-10-11-12-15-31-22(30)17(2)28-21(29)19-16-18(23(25,26)27)13-14-20(19)24/h13-14,16-17H,3-12,15H2,1-2H3,(H,28,29). The lowest BCUT2D eigenvalue weighted by atomic mass is 10.1. The second-order valence-corrected chi connectivity index (χ2v) is 7.74. The SMILES string of the molecule is CCCCCCCCCCCCOC(=O)C(C)NC(=O)c1cc(C(F)(F)F)ccc1F. The molecule has 0 bridgehead atoms. The van der Waals surface area contributed by atoms with E-state index in [0.717, 1.165) is 19.3 Å². The molecule has 1 rings (SSSR count). The Hall–Kier alpha value is -2.12. The van der Waals surface area contributed by atoms with Crippen molar-refractivity contribution >= 4 is 11.9 Å². The molecule has 1 aromatic rings. The summed E-state index contributed by atoms with van der Waals surface area (Å²) < 4.78 is 57.1. The molecule has 0 radical (unpaired) electrons. The fourth-order valence-electron chi connectivity index (χ4n) is 3.10. The molecule has 31 heavy (non-hydrogen) atoms. The number of carbonyl (C=O) groups is 2. The molecular formula is C23H33F4NO3. The van der Waals surface area contributed by atoms with Gasteiger partial charge < -0.3 is 10.1 Å². The first-order chi connectivity index (χ1) is 14.7. The first-order valence-corrected chi connectivity index (χ1v) is 11.0. The van der Waals surface area contributed by atoms with Gasteiger partial charge in [0.15, 0.2) is 0 Å². The molecule has 0 aliphatic heterocycles. The maximum absolute atomic E-state index is 13.8. The summed E-state index contributed by atoms with van der Waals surface area (Å²) >= 11 is 0. The van der Waals surface area contributed by atoms with Gasteiger partial charge in [-0.25, -0.2) is 9.18 Å². The predicted molar refractivity (Wildman–Crippen MR) is 111 cm³/mol. The number of halogens is 4. The van der Waals surface area contributed by atoms with Gasteiger partial charge in [0.1, 0.15) is 11.9 Å². The second kappa shape index (κ2) is 14.0. The van der Waals surface area contributed by atoms with Crippen molar-refractivity contribution in [1.82, 2.24) is 5.32 Å². The van der Waals surface area contributed by atoms with Gasteiger partial charge in [-0.1, -0.05) is 64.7 Å². The minimum absolute atomic E-state index is 0.202. The van der Waals surface area contributed by atoms with Crippen molar-refractivity contribution in [2.45, 2.75) is 90.3 Å². The average molecular weight is 448 g/mol. The smallest absolute Gasteiger partial charge is 0.416 e. The van der Waals surface area contributed by atoms with Crippen molar-refractivity contribution < 1.29 is 31.9 Å². The molecule has 8 heteroatoms. The van der Waals surface area contributed by atoms with Crippen LogP contribution in [0.15, 0.2) is 18.2 Å². The summed E-state index contributed by atoms with van der Waals surface area (Å²) in [7, 11) is 0. The van der Waals surface area contributed by atoms with Gasteiger partial charge in [-0.15, -0.1) is 0 Å². The molecule has 1 atom stereocenters. The van der Waals surface area contributed by atoms with E-state index in [1.165, 1.54) is 45.4 Å². The highest BCUT2D eigenvalue weighted by Gasteiger charge is 2.32. The summed E-state index contributed by atoms with van der Waals surface area (Å²) in [4.78, 5) is 24.1. The van der Waals surface area contributed by atoms with Crippen LogP contribution in [0.3, 0.4) is 0 Å². The lowest BCUT2D eigenvalue weighted by Gasteiger charge is -2.15. The number of rotatable bonds is 14. The van der Waals surface area contributed by atoms with E-state index in [1.807, 2.05) is 0 Å². The minimum atomic E-state index is -4.71. The van der Waals surface area contributed by atoms with E-state index in [0.29, 0.717) is 24.6 Å². The van der Waals surface area contributed by atoms with Gasteiger partial charge in [-0.2, -0.15) is 13.2 Å². The molecule has 0 fully saturated rings. The van der Waals surface area contributed by atoms with Crippen molar-refractivity contribution in [3.05, 3.63) is 35.1 Å². The van der Waals surface area contributed by atoms with Crippen molar-refractivity contribution in [3.63, 3.8) is 0 Å². The molecule has 1 unspecified atom stereocenters. The molecular weight excluding hydrogens is 414 g/mol. The Kier molecular flexibility index (Phi) is 12.2. The normalized spacial score (nSPS) is 12.5. The summed E-state index contributed by atoms with van der Waals surface area (Å²) in [6.45, 7) is 3.73. The van der Waals surface area contributed by atoms with Gasteiger partial charge >= 0.3 is 12.1 Å². The number of esters is 1. The minimum Gasteiger partial charge on any atom is -0.464 e. The van der Waals surface area contributed by atoms with Crippen LogP contribution in [0, 0.1) is 5.82 Å². The molecule has 1 N–H and O–H groups in total. The summed E-state index contributed by atoms with van der Waals surface area (Å²) in [6, 6.07) is 0.443. The molecule has 0 heterocycles. The van der Waals surface area contributed by atoms with E-state index in [-0.39, 0.29) is 6.61 Å². The van der Waals surface area contributed by atoms with E-state index in [2.05, 4.69) is 12.2 Å². The van der Waals surface area contributed by atoms with E-state index >= 15 is 0 Å². The van der Waals surface area contributed by atoms with Gasteiger partial charge in [-0.05, 0) is 31.5 Å². The van der Waals surface area contributed by atoms with Crippen molar-refractivity contribution in [1.29, 1.82) is 0 Å². The molecule has 0 aliphatic carbocycles. The molecule has 1 amide bonds. The number of alkyl halides is 3. The Bertz CT molecular complexity index is 692. The predicted octanol–water partition coefficient (Wildman–Crippen LogP) is 6.43. The Balaban J connectivity index is 2.28. The van der Waals surface area contributed by atoms with E-state index in [9.17, 15) is 27.2 Å². The van der Waals surface area contributed by atoms with Crippen molar-refractivity contribution in [2.24, 2.45) is 0 Å². The van der Waals surface area contributed by atoms with Crippen LogP contribution < -0.4 is 5.32 Å². The van der Waals surface area contributed by atoms with Crippen LogP contribution >= 0.6 is 0 Å². The van der Waals surface area contributed by atoms with Gasteiger partial charge in [0.2, 0.25) is 0 Å². The van der Waals surface area contributed by atoms with Crippen LogP contribution in [0.4, 0.5) is 17.6 Å². The van der Waals surface area contributed by atoms with E-state index in [4.69, 9.17) is 4.74 Å². The molecule has 1 aromatic carbocycles. The highest BCUT2D eigenvalue weighted by atomic mass is 19.4. The van der Waals surface area contributed by atoms with Gasteiger partial charge in [0.05, 0.1) is 17.7 Å². The topological polar surface area (TPSA) is 55.4 Å².